The van der Waals surface area contributed by atoms with Crippen molar-refractivity contribution >= 4 is 11.7 Å². The van der Waals surface area contributed by atoms with E-state index in [1.807, 2.05) is 18.1 Å². The van der Waals surface area contributed by atoms with Gasteiger partial charge in [-0.25, -0.2) is 4.79 Å². The third-order valence-electron chi connectivity index (χ3n) is 4.41. The first-order valence-corrected chi connectivity index (χ1v) is 7.90. The second kappa shape index (κ2) is 6.47. The third-order valence-corrected chi connectivity index (χ3v) is 4.41. The number of nitrogens with zero attached hydrogens (tertiary/aromatic N) is 3. The normalized spacial score (nSPS) is 22.6. The molecule has 1 aliphatic heterocycles. The van der Waals surface area contributed by atoms with Crippen molar-refractivity contribution in [1.29, 1.82) is 0 Å². The van der Waals surface area contributed by atoms with Crippen molar-refractivity contribution in [3.05, 3.63) is 12.4 Å². The molecule has 0 spiro atoms. The smallest absolute Gasteiger partial charge is 0.322 e. The maximum absolute atomic E-state index is 12.6. The van der Waals surface area contributed by atoms with Crippen LogP contribution in [0, 0.1) is 0 Å². The number of carbonyl (C=O) groups is 1. The molecule has 6 heteroatoms. The maximum atomic E-state index is 12.6. The van der Waals surface area contributed by atoms with Crippen LogP contribution in [0.2, 0.25) is 0 Å². The van der Waals surface area contributed by atoms with Gasteiger partial charge in [0.05, 0.1) is 18.0 Å². The lowest BCUT2D eigenvalue weighted by Gasteiger charge is -2.31. The lowest BCUT2D eigenvalue weighted by molar-refractivity contribution is 0.0729. The van der Waals surface area contributed by atoms with Crippen LogP contribution < -0.4 is 5.32 Å². The molecule has 1 saturated heterocycles. The molecule has 0 aromatic carbocycles. The average Bonchev–Trinajstić information content (AvgIpc) is 3.18. The van der Waals surface area contributed by atoms with E-state index in [9.17, 15) is 4.79 Å². The van der Waals surface area contributed by atoms with E-state index in [2.05, 4.69) is 10.4 Å². The van der Waals surface area contributed by atoms with Gasteiger partial charge in [0.25, 0.3) is 0 Å². The van der Waals surface area contributed by atoms with E-state index in [-0.39, 0.29) is 12.1 Å². The first-order valence-electron chi connectivity index (χ1n) is 7.90. The summed E-state index contributed by atoms with van der Waals surface area (Å²) < 4.78 is 7.40. The molecule has 1 atom stereocenters. The predicted octanol–water partition coefficient (Wildman–Crippen LogP) is 2.38. The number of ether oxygens (including phenoxy) is 1. The summed E-state index contributed by atoms with van der Waals surface area (Å²) >= 11 is 0. The number of aryl methyl sites for hydroxylation is 1. The highest BCUT2D eigenvalue weighted by Gasteiger charge is 2.30. The van der Waals surface area contributed by atoms with Crippen LogP contribution in [0.25, 0.3) is 0 Å². The Balaban J connectivity index is 1.65. The quantitative estimate of drug-likeness (QED) is 0.927. The van der Waals surface area contributed by atoms with Crippen LogP contribution in [0.15, 0.2) is 12.4 Å². The lowest BCUT2D eigenvalue weighted by Crippen LogP contribution is -2.45. The number of rotatable bonds is 4. The van der Waals surface area contributed by atoms with Crippen molar-refractivity contribution < 1.29 is 9.53 Å². The zero-order valence-corrected chi connectivity index (χ0v) is 12.6. The molecule has 116 valence electrons. The largest absolute Gasteiger partial charge is 0.376 e. The van der Waals surface area contributed by atoms with Crippen LogP contribution in [0.3, 0.4) is 0 Å². The number of carbonyl (C=O) groups excluding carboxylic acids is 1. The number of hydrogen-bond donors (Lipinski definition) is 1. The molecular weight excluding hydrogens is 268 g/mol. The molecule has 2 aliphatic rings. The Morgan fingerprint density at radius 3 is 2.86 bits per heavy atom. The molecule has 1 aromatic rings. The molecule has 1 aromatic heterocycles. The number of hydrogen-bond acceptors (Lipinski definition) is 3. The van der Waals surface area contributed by atoms with Gasteiger partial charge in [0.2, 0.25) is 0 Å². The van der Waals surface area contributed by atoms with Crippen LogP contribution in [-0.2, 0) is 11.8 Å². The summed E-state index contributed by atoms with van der Waals surface area (Å²) in [5, 5.41) is 7.05. The fourth-order valence-corrected chi connectivity index (χ4v) is 3.30. The SMILES string of the molecule is Cn1cc(NC(=O)N(C[C@@H]2CCCO2)C2CCCC2)cn1. The van der Waals surface area contributed by atoms with Crippen LogP contribution in [0.4, 0.5) is 10.5 Å². The number of amides is 2. The van der Waals surface area contributed by atoms with Gasteiger partial charge in [0.1, 0.15) is 0 Å². The molecule has 1 saturated carbocycles. The molecule has 2 amide bonds. The fraction of sp³-hybridized carbons (Fsp3) is 0.733. The molecule has 0 radical (unpaired) electrons. The molecule has 0 bridgehead atoms. The van der Waals surface area contributed by atoms with Gasteiger partial charge < -0.3 is 15.0 Å². The van der Waals surface area contributed by atoms with Crippen LogP contribution in [0.1, 0.15) is 38.5 Å². The van der Waals surface area contributed by atoms with E-state index in [0.717, 1.165) is 38.0 Å². The topological polar surface area (TPSA) is 59.4 Å². The van der Waals surface area contributed by atoms with Gasteiger partial charge in [0, 0.05) is 32.4 Å². The summed E-state index contributed by atoms with van der Waals surface area (Å²) in [6.45, 7) is 1.53. The van der Waals surface area contributed by atoms with E-state index in [4.69, 9.17) is 4.74 Å². The minimum absolute atomic E-state index is 0.0228. The predicted molar refractivity (Wildman–Crippen MR) is 80.2 cm³/mol. The van der Waals surface area contributed by atoms with E-state index in [1.54, 1.807) is 10.9 Å². The van der Waals surface area contributed by atoms with E-state index < -0.39 is 0 Å². The van der Waals surface area contributed by atoms with E-state index in [0.29, 0.717) is 12.6 Å². The van der Waals surface area contributed by atoms with Gasteiger partial charge >= 0.3 is 6.03 Å². The fourth-order valence-electron chi connectivity index (χ4n) is 3.30. The number of nitrogens with one attached hydrogen (secondary N) is 1. The number of urea groups is 1. The summed E-state index contributed by atoms with van der Waals surface area (Å²) in [7, 11) is 1.84. The minimum atomic E-state index is -0.0228. The first-order chi connectivity index (χ1) is 10.2. The van der Waals surface area contributed by atoms with Crippen LogP contribution in [-0.4, -0.2) is 46.0 Å². The van der Waals surface area contributed by atoms with Crippen molar-refractivity contribution in [2.75, 3.05) is 18.5 Å². The summed E-state index contributed by atoms with van der Waals surface area (Å²) in [6, 6.07) is 0.330. The Bertz CT molecular complexity index is 476. The molecule has 3 rings (SSSR count). The molecule has 2 heterocycles. The second-order valence-electron chi connectivity index (χ2n) is 6.06. The van der Waals surface area contributed by atoms with Gasteiger partial charge in [-0.3, -0.25) is 4.68 Å². The van der Waals surface area contributed by atoms with Crippen molar-refractivity contribution in [3.63, 3.8) is 0 Å². The summed E-state index contributed by atoms with van der Waals surface area (Å²) in [5.74, 6) is 0. The highest BCUT2D eigenvalue weighted by Crippen LogP contribution is 2.26. The lowest BCUT2D eigenvalue weighted by atomic mass is 10.1. The molecule has 21 heavy (non-hydrogen) atoms. The molecular formula is C15H24N4O2. The van der Waals surface area contributed by atoms with Gasteiger partial charge in [-0.1, -0.05) is 12.8 Å². The molecule has 0 unspecified atom stereocenters. The van der Waals surface area contributed by atoms with Crippen LogP contribution in [0.5, 0.6) is 0 Å². The Labute approximate surface area is 125 Å². The summed E-state index contributed by atoms with van der Waals surface area (Å²) in [4.78, 5) is 14.6. The van der Waals surface area contributed by atoms with Crippen molar-refractivity contribution in [3.8, 4) is 0 Å². The van der Waals surface area contributed by atoms with Crippen LogP contribution >= 0.6 is 0 Å². The Morgan fingerprint density at radius 1 is 1.43 bits per heavy atom. The van der Waals surface area contributed by atoms with Gasteiger partial charge in [0.15, 0.2) is 0 Å². The average molecular weight is 292 g/mol. The Morgan fingerprint density at radius 2 is 2.24 bits per heavy atom. The second-order valence-corrected chi connectivity index (χ2v) is 6.06. The number of anilines is 1. The van der Waals surface area contributed by atoms with E-state index >= 15 is 0 Å². The number of aromatic nitrogens is 2. The zero-order chi connectivity index (χ0) is 14.7. The molecule has 1 N–H and O–H groups in total. The highest BCUT2D eigenvalue weighted by atomic mass is 16.5. The Hall–Kier alpha value is -1.56. The molecule has 1 aliphatic carbocycles. The summed E-state index contributed by atoms with van der Waals surface area (Å²) in [6.07, 6.45) is 10.5. The standard InChI is InChI=1S/C15H24N4O2/c1-18-10-12(9-16-18)17-15(20)19(13-5-2-3-6-13)11-14-7-4-8-21-14/h9-10,13-14H,2-8,11H2,1H3,(H,17,20)/t14-/m0/s1. The van der Waals surface area contributed by atoms with Crippen molar-refractivity contribution in [2.24, 2.45) is 7.05 Å². The van der Waals surface area contributed by atoms with Gasteiger partial charge in [-0.2, -0.15) is 5.10 Å². The summed E-state index contributed by atoms with van der Waals surface area (Å²) in [5.41, 5.74) is 0.748. The van der Waals surface area contributed by atoms with Crippen molar-refractivity contribution in [1.82, 2.24) is 14.7 Å². The third kappa shape index (κ3) is 3.56. The highest BCUT2D eigenvalue weighted by molar-refractivity contribution is 5.89. The van der Waals surface area contributed by atoms with E-state index in [1.165, 1.54) is 12.8 Å². The zero-order valence-electron chi connectivity index (χ0n) is 12.6. The maximum Gasteiger partial charge on any atom is 0.322 e. The minimum Gasteiger partial charge on any atom is -0.376 e. The molecule has 6 nitrogen and oxygen atoms in total. The van der Waals surface area contributed by atoms with Gasteiger partial charge in [-0.05, 0) is 25.7 Å². The monoisotopic (exact) mass is 292 g/mol. The Kier molecular flexibility index (Phi) is 4.43. The first kappa shape index (κ1) is 14.4. The molecule has 2 fully saturated rings. The van der Waals surface area contributed by atoms with Crippen molar-refractivity contribution in [2.45, 2.75) is 50.7 Å². The van der Waals surface area contributed by atoms with Gasteiger partial charge in [-0.15, -0.1) is 0 Å².